The van der Waals surface area contributed by atoms with Gasteiger partial charge in [-0.1, -0.05) is 0 Å². The Balaban J connectivity index is 1.84. The van der Waals surface area contributed by atoms with Crippen molar-refractivity contribution in [1.29, 1.82) is 0 Å². The Labute approximate surface area is 143 Å². The molecule has 1 aliphatic rings. The van der Waals surface area contributed by atoms with Gasteiger partial charge in [0.1, 0.15) is 10.6 Å². The average Bonchev–Trinajstić information content (AvgIpc) is 2.93. The van der Waals surface area contributed by atoms with Gasteiger partial charge in [0.25, 0.3) is 0 Å². The number of urea groups is 1. The number of hydrogen-bond acceptors (Lipinski definition) is 4. The Morgan fingerprint density at radius 3 is 2.83 bits per heavy atom. The van der Waals surface area contributed by atoms with Crippen molar-refractivity contribution in [3.63, 3.8) is 0 Å². The van der Waals surface area contributed by atoms with E-state index in [4.69, 9.17) is 4.74 Å². The molecule has 1 aliphatic heterocycles. The van der Waals surface area contributed by atoms with Gasteiger partial charge in [0, 0.05) is 11.6 Å². The van der Waals surface area contributed by atoms with Gasteiger partial charge in [-0.05, 0) is 50.6 Å². The minimum absolute atomic E-state index is 0.113. The lowest BCUT2D eigenvalue weighted by Gasteiger charge is -2.29. The van der Waals surface area contributed by atoms with Crippen molar-refractivity contribution in [3.8, 4) is 5.75 Å². The van der Waals surface area contributed by atoms with Gasteiger partial charge in [0.05, 0.1) is 28.6 Å². The molecule has 0 unspecified atom stereocenters. The Morgan fingerprint density at radius 2 is 2.08 bits per heavy atom. The van der Waals surface area contributed by atoms with Crippen molar-refractivity contribution in [3.05, 3.63) is 41.4 Å². The predicted octanol–water partition coefficient (Wildman–Crippen LogP) is 5.08. The number of thiophene rings is 1. The largest absolute Gasteiger partial charge is 0.491 e. The lowest BCUT2D eigenvalue weighted by Crippen LogP contribution is -2.34. The van der Waals surface area contributed by atoms with E-state index >= 15 is 0 Å². The van der Waals surface area contributed by atoms with Crippen molar-refractivity contribution in [1.82, 2.24) is 4.98 Å². The molecule has 0 radical (unpaired) electrons. The summed E-state index contributed by atoms with van der Waals surface area (Å²) in [5, 5.41) is 5.88. The molecule has 1 aromatic carbocycles. The summed E-state index contributed by atoms with van der Waals surface area (Å²) < 4.78 is 5.74. The molecule has 0 bridgehead atoms. The quantitative estimate of drug-likeness (QED) is 0.724. The molecule has 0 spiro atoms. The van der Waals surface area contributed by atoms with Crippen LogP contribution in [0.2, 0.25) is 0 Å². The fraction of sp³-hybridized carbons (Fsp3) is 0.222. The van der Waals surface area contributed by atoms with Crippen LogP contribution in [0.25, 0.3) is 10.2 Å². The average molecular weight is 339 g/mol. The fourth-order valence-electron chi connectivity index (χ4n) is 2.97. The zero-order valence-electron chi connectivity index (χ0n) is 13.7. The van der Waals surface area contributed by atoms with Gasteiger partial charge in [-0.15, -0.1) is 11.3 Å². The zero-order chi connectivity index (χ0) is 16.8. The Morgan fingerprint density at radius 1 is 1.25 bits per heavy atom. The summed E-state index contributed by atoms with van der Waals surface area (Å²) in [7, 11) is 0. The Hall–Kier alpha value is -2.60. The maximum atomic E-state index is 12.7. The highest BCUT2D eigenvalue weighted by molar-refractivity contribution is 7.17. The van der Waals surface area contributed by atoms with E-state index in [9.17, 15) is 4.79 Å². The van der Waals surface area contributed by atoms with E-state index in [-0.39, 0.29) is 12.1 Å². The molecule has 122 valence electrons. The topological polar surface area (TPSA) is 54.5 Å². The number of aromatic nitrogens is 1. The first-order valence-corrected chi connectivity index (χ1v) is 8.67. The molecule has 0 fully saturated rings. The van der Waals surface area contributed by atoms with Crippen molar-refractivity contribution in [2.24, 2.45) is 0 Å². The molecule has 0 aliphatic carbocycles. The molecule has 4 rings (SSSR count). The molecule has 2 aromatic heterocycles. The van der Waals surface area contributed by atoms with Crippen molar-refractivity contribution in [2.45, 2.75) is 26.9 Å². The first-order valence-electron chi connectivity index (χ1n) is 7.79. The standard InChI is InChI=1S/C18H17N3O2S/c1-10(2)23-12-4-5-14(11(3)8-12)21-15-6-7-19-17-16(15)13(9-24-17)20-18(21)22/h4-10H,1-3H3,(H,20,22). The summed E-state index contributed by atoms with van der Waals surface area (Å²) in [4.78, 5) is 19.7. The minimum atomic E-state index is -0.158. The monoisotopic (exact) mass is 339 g/mol. The maximum absolute atomic E-state index is 12.7. The molecule has 0 saturated carbocycles. The lowest BCUT2D eigenvalue weighted by atomic mass is 10.1. The highest BCUT2D eigenvalue weighted by Crippen LogP contribution is 2.43. The van der Waals surface area contributed by atoms with E-state index in [1.54, 1.807) is 11.1 Å². The van der Waals surface area contributed by atoms with Crippen LogP contribution < -0.4 is 15.0 Å². The summed E-state index contributed by atoms with van der Waals surface area (Å²) in [6.07, 6.45) is 1.86. The van der Waals surface area contributed by atoms with Gasteiger partial charge in [-0.25, -0.2) is 9.78 Å². The third-order valence-electron chi connectivity index (χ3n) is 3.92. The molecule has 3 heterocycles. The maximum Gasteiger partial charge on any atom is 0.331 e. The number of pyridine rings is 1. The number of ether oxygens (including phenoxy) is 1. The number of rotatable bonds is 3. The highest BCUT2D eigenvalue weighted by atomic mass is 32.1. The first kappa shape index (κ1) is 15.0. The third kappa shape index (κ3) is 2.30. The van der Waals surface area contributed by atoms with Gasteiger partial charge < -0.3 is 10.1 Å². The van der Waals surface area contributed by atoms with Crippen LogP contribution in [0, 0.1) is 6.92 Å². The van der Waals surface area contributed by atoms with E-state index in [0.717, 1.165) is 38.6 Å². The van der Waals surface area contributed by atoms with Crippen molar-refractivity contribution >= 4 is 44.6 Å². The number of nitrogens with zero attached hydrogens (tertiary/aromatic N) is 2. The molecular formula is C18H17N3O2S. The summed E-state index contributed by atoms with van der Waals surface area (Å²) >= 11 is 1.53. The normalized spacial score (nSPS) is 13.5. The number of anilines is 3. The lowest BCUT2D eigenvalue weighted by molar-refractivity contribution is 0.242. The summed E-state index contributed by atoms with van der Waals surface area (Å²) in [5.74, 6) is 0.805. The smallest absolute Gasteiger partial charge is 0.331 e. The first-order chi connectivity index (χ1) is 11.5. The van der Waals surface area contributed by atoms with E-state index in [2.05, 4.69) is 10.3 Å². The zero-order valence-corrected chi connectivity index (χ0v) is 14.5. The van der Waals surface area contributed by atoms with Crippen molar-refractivity contribution < 1.29 is 9.53 Å². The number of hydrogen-bond donors (Lipinski definition) is 1. The van der Waals surface area contributed by atoms with E-state index in [1.165, 1.54) is 11.3 Å². The van der Waals surface area contributed by atoms with Crippen LogP contribution in [0.1, 0.15) is 19.4 Å². The second-order valence-corrected chi connectivity index (χ2v) is 6.90. The number of amides is 2. The van der Waals surface area contributed by atoms with Crippen LogP contribution in [-0.4, -0.2) is 17.1 Å². The summed E-state index contributed by atoms with van der Waals surface area (Å²) in [6.45, 7) is 5.97. The van der Waals surface area contributed by atoms with Gasteiger partial charge in [0.15, 0.2) is 0 Å². The molecule has 5 nitrogen and oxygen atoms in total. The molecule has 3 aromatic rings. The van der Waals surface area contributed by atoms with Crippen LogP contribution in [0.3, 0.4) is 0 Å². The summed E-state index contributed by atoms with van der Waals surface area (Å²) in [5.41, 5.74) is 3.51. The SMILES string of the molecule is Cc1cc(OC(C)C)ccc1N1C(=O)Nc2csc3nccc1c23. The van der Waals surface area contributed by atoms with Crippen LogP contribution in [0.15, 0.2) is 35.8 Å². The van der Waals surface area contributed by atoms with E-state index in [1.807, 2.05) is 50.4 Å². The van der Waals surface area contributed by atoms with E-state index < -0.39 is 0 Å². The molecule has 1 N–H and O–H groups in total. The second kappa shape index (κ2) is 5.49. The second-order valence-electron chi connectivity index (χ2n) is 6.04. The Bertz CT molecular complexity index is 949. The molecule has 0 atom stereocenters. The molecular weight excluding hydrogens is 322 g/mol. The molecule has 2 amide bonds. The minimum Gasteiger partial charge on any atom is -0.491 e. The van der Waals surface area contributed by atoms with Crippen molar-refractivity contribution in [2.75, 3.05) is 10.2 Å². The fourth-order valence-corrected chi connectivity index (χ4v) is 3.83. The van der Waals surface area contributed by atoms with Crippen LogP contribution in [0.5, 0.6) is 5.75 Å². The number of carbonyl (C=O) groups is 1. The number of carbonyl (C=O) groups excluding carboxylic acids is 1. The number of nitrogens with one attached hydrogen (secondary N) is 1. The number of benzene rings is 1. The number of aryl methyl sites for hydroxylation is 1. The Kier molecular flexibility index (Phi) is 3.42. The molecule has 6 heteroatoms. The molecule has 0 saturated heterocycles. The van der Waals surface area contributed by atoms with Crippen LogP contribution in [-0.2, 0) is 0 Å². The third-order valence-corrected chi connectivity index (χ3v) is 4.80. The van der Waals surface area contributed by atoms with E-state index in [0.29, 0.717) is 0 Å². The summed E-state index contributed by atoms with van der Waals surface area (Å²) in [6, 6.07) is 7.52. The molecule has 24 heavy (non-hydrogen) atoms. The van der Waals surface area contributed by atoms with Gasteiger partial charge >= 0.3 is 6.03 Å². The van der Waals surface area contributed by atoms with Crippen LogP contribution in [0.4, 0.5) is 21.9 Å². The highest BCUT2D eigenvalue weighted by Gasteiger charge is 2.29. The van der Waals surface area contributed by atoms with Crippen LogP contribution >= 0.6 is 11.3 Å². The van der Waals surface area contributed by atoms with Gasteiger partial charge in [-0.2, -0.15) is 0 Å². The van der Waals surface area contributed by atoms with Gasteiger partial charge in [-0.3, -0.25) is 4.90 Å². The van der Waals surface area contributed by atoms with Gasteiger partial charge in [0.2, 0.25) is 0 Å². The predicted molar refractivity (Wildman–Crippen MR) is 97.7 cm³/mol.